The van der Waals surface area contributed by atoms with E-state index in [9.17, 15) is 0 Å². The smallest absolute Gasteiger partial charge is 0.116 e. The summed E-state index contributed by atoms with van der Waals surface area (Å²) in [6.07, 6.45) is 12.1. The van der Waals surface area contributed by atoms with Crippen LogP contribution in [0.2, 0.25) is 0 Å². The van der Waals surface area contributed by atoms with E-state index >= 15 is 0 Å². The lowest BCUT2D eigenvalue weighted by Gasteiger charge is -2.53. The Labute approximate surface area is 167 Å². The maximum atomic E-state index is 4.78. The van der Waals surface area contributed by atoms with Crippen LogP contribution >= 0.6 is 0 Å². The Morgan fingerprint density at radius 2 is 2.00 bits per heavy atom. The van der Waals surface area contributed by atoms with Crippen molar-refractivity contribution in [2.24, 2.45) is 7.05 Å². The van der Waals surface area contributed by atoms with E-state index in [-0.39, 0.29) is 5.54 Å². The van der Waals surface area contributed by atoms with Gasteiger partial charge in [-0.15, -0.1) is 0 Å². The summed E-state index contributed by atoms with van der Waals surface area (Å²) in [5.74, 6) is 0. The molecule has 3 aromatic heterocycles. The molecule has 8 nitrogen and oxygen atoms in total. The van der Waals surface area contributed by atoms with Crippen LogP contribution in [0.25, 0.3) is 33.3 Å². The second-order valence-electron chi connectivity index (χ2n) is 7.93. The third-order valence-corrected chi connectivity index (χ3v) is 5.97. The average Bonchev–Trinajstić information content (AvgIpc) is 3.19. The van der Waals surface area contributed by atoms with Crippen molar-refractivity contribution in [1.82, 2.24) is 40.3 Å². The van der Waals surface area contributed by atoms with Gasteiger partial charge < -0.3 is 10.6 Å². The molecule has 1 aromatic carbocycles. The van der Waals surface area contributed by atoms with Crippen LogP contribution in [0.3, 0.4) is 0 Å². The van der Waals surface area contributed by atoms with Crippen LogP contribution in [0.5, 0.6) is 0 Å². The summed E-state index contributed by atoms with van der Waals surface area (Å²) >= 11 is 0. The van der Waals surface area contributed by atoms with E-state index in [0.717, 1.165) is 58.5 Å². The number of aromatic nitrogens is 6. The first-order valence-corrected chi connectivity index (χ1v) is 9.74. The van der Waals surface area contributed by atoms with Gasteiger partial charge in [-0.1, -0.05) is 0 Å². The summed E-state index contributed by atoms with van der Waals surface area (Å²) in [5, 5.41) is 12.4. The lowest BCUT2D eigenvalue weighted by Crippen LogP contribution is -2.72. The average molecular weight is 384 g/mol. The predicted octanol–water partition coefficient (Wildman–Crippen LogP) is 1.65. The molecule has 0 spiro atoms. The van der Waals surface area contributed by atoms with E-state index in [2.05, 4.69) is 37.8 Å². The number of piperidine rings is 1. The molecule has 7 rings (SSSR count). The first-order valence-electron chi connectivity index (χ1n) is 9.74. The summed E-state index contributed by atoms with van der Waals surface area (Å²) in [4.78, 5) is 18.2. The van der Waals surface area contributed by atoms with Crippen LogP contribution in [0, 0.1) is 0 Å². The van der Waals surface area contributed by atoms with Crippen molar-refractivity contribution in [2.45, 2.75) is 18.0 Å². The summed E-state index contributed by atoms with van der Waals surface area (Å²) < 4.78 is 1.80. The highest BCUT2D eigenvalue weighted by atomic mass is 15.2. The van der Waals surface area contributed by atoms with Gasteiger partial charge in [0.2, 0.25) is 0 Å². The fourth-order valence-corrected chi connectivity index (χ4v) is 4.51. The quantitative estimate of drug-likeness (QED) is 0.555. The number of rotatable bonds is 3. The van der Waals surface area contributed by atoms with Crippen molar-refractivity contribution in [3.8, 4) is 22.4 Å². The Balaban J connectivity index is 1.45. The molecular formula is C21H20N8. The fourth-order valence-electron chi connectivity index (χ4n) is 4.51. The molecule has 3 aliphatic heterocycles. The van der Waals surface area contributed by atoms with E-state index < -0.39 is 0 Å². The number of benzene rings is 1. The van der Waals surface area contributed by atoms with Gasteiger partial charge in [-0.25, -0.2) is 9.97 Å². The second-order valence-corrected chi connectivity index (χ2v) is 7.93. The van der Waals surface area contributed by atoms with Crippen LogP contribution in [0.4, 0.5) is 0 Å². The zero-order valence-corrected chi connectivity index (χ0v) is 16.0. The highest BCUT2D eigenvalue weighted by molar-refractivity contribution is 5.96. The third kappa shape index (κ3) is 2.64. The molecule has 8 heteroatoms. The number of nitrogens with one attached hydrogen (secondary N) is 2. The molecule has 0 aliphatic carbocycles. The minimum Gasteiger partial charge on any atom is -0.313 e. The van der Waals surface area contributed by atoms with Crippen LogP contribution in [-0.4, -0.2) is 48.8 Å². The Bertz CT molecular complexity index is 1200. The Morgan fingerprint density at radius 1 is 1.07 bits per heavy atom. The van der Waals surface area contributed by atoms with E-state index in [1.165, 1.54) is 0 Å². The fraction of sp³-hybridized carbons (Fsp3) is 0.286. The molecule has 3 saturated heterocycles. The highest BCUT2D eigenvalue weighted by Crippen LogP contribution is 2.37. The molecule has 0 amide bonds. The van der Waals surface area contributed by atoms with Gasteiger partial charge in [0, 0.05) is 55.1 Å². The van der Waals surface area contributed by atoms with Gasteiger partial charge in [0.25, 0.3) is 0 Å². The minimum absolute atomic E-state index is 0.0722. The van der Waals surface area contributed by atoms with Gasteiger partial charge in [0.1, 0.15) is 6.33 Å². The van der Waals surface area contributed by atoms with Crippen molar-refractivity contribution in [2.75, 3.05) is 13.1 Å². The maximum Gasteiger partial charge on any atom is 0.116 e. The third-order valence-electron chi connectivity index (χ3n) is 5.97. The molecule has 0 radical (unpaired) electrons. The lowest BCUT2D eigenvalue weighted by molar-refractivity contribution is 0.0827. The first-order chi connectivity index (χ1) is 14.2. The Morgan fingerprint density at radius 3 is 2.72 bits per heavy atom. The summed E-state index contributed by atoms with van der Waals surface area (Å²) in [6, 6.07) is 4.72. The van der Waals surface area contributed by atoms with Crippen LogP contribution in [0.15, 0.2) is 49.4 Å². The molecular weight excluding hydrogens is 364 g/mol. The molecule has 4 aromatic rings. The Kier molecular flexibility index (Phi) is 3.53. The van der Waals surface area contributed by atoms with Gasteiger partial charge in [0.15, 0.2) is 0 Å². The van der Waals surface area contributed by atoms with Crippen molar-refractivity contribution in [3.63, 3.8) is 0 Å². The van der Waals surface area contributed by atoms with Crippen molar-refractivity contribution < 1.29 is 0 Å². The molecule has 3 fully saturated rings. The van der Waals surface area contributed by atoms with Crippen LogP contribution < -0.4 is 10.6 Å². The van der Waals surface area contributed by atoms with Gasteiger partial charge in [-0.05, 0) is 24.1 Å². The number of piperazine rings is 1. The molecule has 29 heavy (non-hydrogen) atoms. The second kappa shape index (κ2) is 6.13. The van der Waals surface area contributed by atoms with E-state index in [4.69, 9.17) is 9.97 Å². The van der Waals surface area contributed by atoms with Crippen LogP contribution in [0.1, 0.15) is 12.1 Å². The maximum absolute atomic E-state index is 4.78. The molecule has 0 saturated carbocycles. The number of nitrogens with zero attached hydrogens (tertiary/aromatic N) is 6. The Hall–Kier alpha value is -3.23. The number of hydrogen-bond acceptors (Lipinski definition) is 7. The number of aryl methyl sites for hydroxylation is 1. The summed E-state index contributed by atoms with van der Waals surface area (Å²) in [7, 11) is 1.91. The van der Waals surface area contributed by atoms with Crippen LogP contribution in [-0.2, 0) is 12.6 Å². The largest absolute Gasteiger partial charge is 0.313 e. The van der Waals surface area contributed by atoms with E-state index in [0.29, 0.717) is 6.04 Å². The van der Waals surface area contributed by atoms with Crippen molar-refractivity contribution >= 4 is 10.9 Å². The molecule has 3 aliphatic rings. The highest BCUT2D eigenvalue weighted by Gasteiger charge is 2.48. The minimum atomic E-state index is -0.0722. The standard InChI is InChI=1S/C21H20N8/c1-29-10-14(5-27-29)13-2-16(17-7-23-12-26-18(17)3-13)19-8-25-20(9-24-19)21-4-15(28-21)6-22-11-21/h2-3,5,7-10,12,15,22,28H,4,6,11H2,1H3. The van der Waals surface area contributed by atoms with Crippen molar-refractivity contribution in [1.29, 1.82) is 0 Å². The molecule has 2 N–H and O–H groups in total. The number of hydrogen-bond donors (Lipinski definition) is 2. The van der Waals surface area contributed by atoms with E-state index in [1.807, 2.05) is 38.0 Å². The zero-order chi connectivity index (χ0) is 19.4. The van der Waals surface area contributed by atoms with Crippen molar-refractivity contribution in [3.05, 3.63) is 55.1 Å². The molecule has 2 unspecified atom stereocenters. The predicted molar refractivity (Wildman–Crippen MR) is 109 cm³/mol. The van der Waals surface area contributed by atoms with Gasteiger partial charge >= 0.3 is 0 Å². The summed E-state index contributed by atoms with van der Waals surface area (Å²) in [6.45, 7) is 1.92. The molecule has 2 atom stereocenters. The normalized spacial score (nSPS) is 23.1. The van der Waals surface area contributed by atoms with Gasteiger partial charge in [0.05, 0.1) is 41.0 Å². The SMILES string of the molecule is Cn1cc(-c2cc(-c3cnc(C45CNCC(C4)N5)cn3)c3cncnc3c2)cn1. The lowest BCUT2D eigenvalue weighted by atomic mass is 9.76. The van der Waals surface area contributed by atoms with Gasteiger partial charge in [-0.3, -0.25) is 14.6 Å². The monoisotopic (exact) mass is 384 g/mol. The summed E-state index contributed by atoms with van der Waals surface area (Å²) in [5.41, 5.74) is 5.67. The molecule has 6 heterocycles. The van der Waals surface area contributed by atoms with E-state index in [1.54, 1.807) is 11.0 Å². The first kappa shape index (κ1) is 16.7. The van der Waals surface area contributed by atoms with Gasteiger partial charge in [-0.2, -0.15) is 5.10 Å². The zero-order valence-electron chi connectivity index (χ0n) is 16.0. The molecule has 144 valence electrons. The topological polar surface area (TPSA) is 93.4 Å². The number of fused-ring (bicyclic) bond motifs is 3. The molecule has 2 bridgehead atoms.